The van der Waals surface area contributed by atoms with Crippen LogP contribution in [0.5, 0.6) is 0 Å². The summed E-state index contributed by atoms with van der Waals surface area (Å²) in [6.07, 6.45) is 6.69. The maximum Gasteiger partial charge on any atom is 0.323 e. The lowest BCUT2D eigenvalue weighted by Gasteiger charge is -2.04. The van der Waals surface area contributed by atoms with Gasteiger partial charge in [-0.3, -0.25) is 4.98 Å². The zero-order chi connectivity index (χ0) is 11.2. The number of urea groups is 1. The highest BCUT2D eigenvalue weighted by Gasteiger charge is 2.02. The first kappa shape index (κ1) is 12.9. The van der Waals surface area contributed by atoms with Crippen LogP contribution in [0.15, 0.2) is 49.1 Å². The minimum absolute atomic E-state index is 0. The van der Waals surface area contributed by atoms with Gasteiger partial charge in [-0.1, -0.05) is 0 Å². The molecular formula is C11H11ClN4O. The van der Waals surface area contributed by atoms with Crippen LogP contribution >= 0.6 is 0 Å². The van der Waals surface area contributed by atoms with E-state index in [0.717, 1.165) is 0 Å². The summed E-state index contributed by atoms with van der Waals surface area (Å²) in [7, 11) is 0. The zero-order valence-electron chi connectivity index (χ0n) is 8.85. The lowest BCUT2D eigenvalue weighted by molar-refractivity contribution is -0.377. The van der Waals surface area contributed by atoms with Crippen LogP contribution in [0.2, 0.25) is 0 Å². The van der Waals surface area contributed by atoms with Crippen molar-refractivity contribution in [3.63, 3.8) is 0 Å². The quantitative estimate of drug-likeness (QED) is 0.684. The van der Waals surface area contributed by atoms with E-state index in [0.29, 0.717) is 11.4 Å². The molecule has 2 amide bonds. The Balaban J connectivity index is 0.00000144. The fourth-order valence-corrected chi connectivity index (χ4v) is 1.20. The van der Waals surface area contributed by atoms with E-state index in [1.807, 2.05) is 0 Å². The van der Waals surface area contributed by atoms with Crippen molar-refractivity contribution in [3.05, 3.63) is 49.1 Å². The maximum absolute atomic E-state index is 11.5. The van der Waals surface area contributed by atoms with E-state index in [9.17, 15) is 4.79 Å². The van der Waals surface area contributed by atoms with Gasteiger partial charge in [0.2, 0.25) is 0 Å². The Morgan fingerprint density at radius 3 is 2.59 bits per heavy atom. The molecule has 5 nitrogen and oxygen atoms in total. The number of aromatic amines is 1. The van der Waals surface area contributed by atoms with Crippen LogP contribution in [0, 0.1) is 0 Å². The highest BCUT2D eigenvalue weighted by Crippen LogP contribution is 2.05. The van der Waals surface area contributed by atoms with Gasteiger partial charge in [0.05, 0.1) is 11.9 Å². The molecular weight excluding hydrogens is 240 g/mol. The molecule has 0 atom stereocenters. The van der Waals surface area contributed by atoms with Crippen LogP contribution in [0.3, 0.4) is 0 Å². The van der Waals surface area contributed by atoms with Crippen LogP contribution < -0.4 is 28.0 Å². The van der Waals surface area contributed by atoms with Gasteiger partial charge in [-0.05, 0) is 18.2 Å². The van der Waals surface area contributed by atoms with Crippen molar-refractivity contribution in [2.24, 2.45) is 0 Å². The summed E-state index contributed by atoms with van der Waals surface area (Å²) >= 11 is 0. The van der Waals surface area contributed by atoms with E-state index in [2.05, 4.69) is 20.6 Å². The molecule has 3 N–H and O–H groups in total. The Bertz CT molecular complexity index is 420. The van der Waals surface area contributed by atoms with Crippen LogP contribution in [0.4, 0.5) is 16.2 Å². The minimum atomic E-state index is -0.299. The van der Waals surface area contributed by atoms with Crippen molar-refractivity contribution in [1.29, 1.82) is 0 Å². The third-order valence-corrected chi connectivity index (χ3v) is 1.88. The van der Waals surface area contributed by atoms with E-state index in [1.54, 1.807) is 49.1 Å². The fraction of sp³-hybridized carbons (Fsp3) is 0. The number of carbonyl (C=O) groups is 1. The summed E-state index contributed by atoms with van der Waals surface area (Å²) in [5.41, 5.74) is 1.35. The van der Waals surface area contributed by atoms with Gasteiger partial charge in [0.25, 0.3) is 0 Å². The molecule has 0 saturated carbocycles. The molecule has 0 aliphatic heterocycles. The molecule has 0 radical (unpaired) electrons. The molecule has 0 aliphatic rings. The monoisotopic (exact) mass is 250 g/mol. The Kier molecular flexibility index (Phi) is 4.90. The second-order valence-corrected chi connectivity index (χ2v) is 3.11. The summed E-state index contributed by atoms with van der Waals surface area (Å²) in [5.74, 6) is 0. The first-order chi connectivity index (χ1) is 7.84. The van der Waals surface area contributed by atoms with Gasteiger partial charge >= 0.3 is 6.03 Å². The smallest absolute Gasteiger partial charge is 0.323 e. The van der Waals surface area contributed by atoms with Crippen molar-refractivity contribution in [1.82, 2.24) is 4.98 Å². The number of hydrogen-bond donors (Lipinski definition) is 2. The first-order valence-corrected chi connectivity index (χ1v) is 4.79. The summed E-state index contributed by atoms with van der Waals surface area (Å²) < 4.78 is 0. The van der Waals surface area contributed by atoms with Crippen LogP contribution in [-0.4, -0.2) is 11.0 Å². The van der Waals surface area contributed by atoms with Crippen LogP contribution in [0.1, 0.15) is 0 Å². The number of nitrogens with zero attached hydrogens (tertiary/aromatic N) is 1. The van der Waals surface area contributed by atoms with Gasteiger partial charge in [-0.15, -0.1) is 0 Å². The largest absolute Gasteiger partial charge is 1.00 e. The second kappa shape index (κ2) is 6.44. The molecule has 0 bridgehead atoms. The summed E-state index contributed by atoms with van der Waals surface area (Å²) in [5, 5.41) is 5.35. The van der Waals surface area contributed by atoms with Gasteiger partial charge in [-0.25, -0.2) is 9.78 Å². The second-order valence-electron chi connectivity index (χ2n) is 3.11. The average molecular weight is 251 g/mol. The molecule has 6 heteroatoms. The predicted octanol–water partition coefficient (Wildman–Crippen LogP) is -1.46. The zero-order valence-corrected chi connectivity index (χ0v) is 9.61. The third-order valence-electron chi connectivity index (χ3n) is 1.88. The minimum Gasteiger partial charge on any atom is -1.00 e. The Labute approximate surface area is 105 Å². The number of carbonyl (C=O) groups excluding carboxylic acids is 1. The summed E-state index contributed by atoms with van der Waals surface area (Å²) in [6.45, 7) is 0. The van der Waals surface area contributed by atoms with Gasteiger partial charge < -0.3 is 23.0 Å². The Morgan fingerprint density at radius 1 is 1.18 bits per heavy atom. The Morgan fingerprint density at radius 2 is 1.94 bits per heavy atom. The topological polar surface area (TPSA) is 68.2 Å². The molecule has 2 heterocycles. The van der Waals surface area contributed by atoms with Gasteiger partial charge in [0, 0.05) is 12.3 Å². The molecule has 0 spiro atoms. The van der Waals surface area contributed by atoms with E-state index >= 15 is 0 Å². The maximum atomic E-state index is 11.5. The third kappa shape index (κ3) is 4.08. The number of pyridine rings is 2. The average Bonchev–Trinajstić information content (AvgIpc) is 2.31. The number of anilines is 2. The molecule has 2 rings (SSSR count). The molecule has 2 aromatic heterocycles. The predicted molar refractivity (Wildman–Crippen MR) is 59.9 cm³/mol. The molecule has 0 aromatic carbocycles. The van der Waals surface area contributed by atoms with Crippen molar-refractivity contribution < 1.29 is 22.2 Å². The summed E-state index contributed by atoms with van der Waals surface area (Å²) in [4.78, 5) is 18.3. The molecule has 0 aliphatic carbocycles. The molecule has 0 unspecified atom stereocenters. The number of nitrogens with one attached hydrogen (secondary N) is 3. The van der Waals surface area contributed by atoms with E-state index in [4.69, 9.17) is 0 Å². The van der Waals surface area contributed by atoms with Crippen LogP contribution in [0.25, 0.3) is 0 Å². The molecule has 2 aromatic rings. The molecule has 0 fully saturated rings. The van der Waals surface area contributed by atoms with Crippen molar-refractivity contribution in [2.45, 2.75) is 0 Å². The lowest BCUT2D eigenvalue weighted by Crippen LogP contribution is -3.00. The van der Waals surface area contributed by atoms with Gasteiger partial charge in [0.1, 0.15) is 5.69 Å². The number of amides is 2. The molecule has 17 heavy (non-hydrogen) atoms. The van der Waals surface area contributed by atoms with E-state index in [-0.39, 0.29) is 18.4 Å². The van der Waals surface area contributed by atoms with Crippen molar-refractivity contribution >= 4 is 17.4 Å². The lowest BCUT2D eigenvalue weighted by atomic mass is 10.4. The van der Waals surface area contributed by atoms with Crippen molar-refractivity contribution in [3.8, 4) is 0 Å². The van der Waals surface area contributed by atoms with Gasteiger partial charge in [-0.2, -0.15) is 0 Å². The van der Waals surface area contributed by atoms with Crippen molar-refractivity contribution in [2.75, 3.05) is 10.6 Å². The normalized spacial score (nSPS) is 8.94. The molecule has 0 saturated heterocycles. The first-order valence-electron chi connectivity index (χ1n) is 4.79. The highest BCUT2D eigenvalue weighted by molar-refractivity contribution is 5.99. The standard InChI is InChI=1S/C11H10N4O.ClH/c16-11(14-9-3-1-5-12-7-9)15-10-4-2-6-13-8-10;/h1-8H,(H2,14,15,16);1H. The Hall–Kier alpha value is -2.14. The van der Waals surface area contributed by atoms with E-state index in [1.165, 1.54) is 0 Å². The van der Waals surface area contributed by atoms with Crippen LogP contribution in [-0.2, 0) is 0 Å². The SMILES string of the molecule is O=C(Nc1cccnc1)Nc1ccc[nH+]c1.[Cl-]. The summed E-state index contributed by atoms with van der Waals surface area (Å²) in [6, 6.07) is 6.82. The van der Waals surface area contributed by atoms with E-state index < -0.39 is 0 Å². The molecule has 88 valence electrons. The number of rotatable bonds is 2. The highest BCUT2D eigenvalue weighted by atomic mass is 35.5. The van der Waals surface area contributed by atoms with Gasteiger partial charge in [0.15, 0.2) is 12.4 Å². The number of hydrogen-bond acceptors (Lipinski definition) is 2. The number of halogens is 1. The fourth-order valence-electron chi connectivity index (χ4n) is 1.20. The number of aromatic nitrogens is 2. The number of H-pyrrole nitrogens is 1.